The van der Waals surface area contributed by atoms with E-state index in [1.165, 1.54) is 0 Å². The molecule has 1 aromatic carbocycles. The van der Waals surface area contributed by atoms with Crippen LogP contribution >= 0.6 is 27.5 Å². The summed E-state index contributed by atoms with van der Waals surface area (Å²) in [7, 11) is 0. The van der Waals surface area contributed by atoms with Crippen molar-refractivity contribution in [2.45, 2.75) is 18.9 Å². The van der Waals surface area contributed by atoms with Gasteiger partial charge in [0.1, 0.15) is 0 Å². The lowest BCUT2D eigenvalue weighted by molar-refractivity contribution is 0.280. The van der Waals surface area contributed by atoms with Gasteiger partial charge in [-0.05, 0) is 36.6 Å². The SMILES string of the molecule is N[C@@H](CCCO)c1cc(Br)ccc1Cl. The van der Waals surface area contributed by atoms with Crippen molar-refractivity contribution in [3.63, 3.8) is 0 Å². The molecular formula is C10H13BrClNO. The van der Waals surface area contributed by atoms with Gasteiger partial charge in [-0.25, -0.2) is 0 Å². The Bertz CT molecular complexity index is 306. The Morgan fingerprint density at radius 3 is 2.86 bits per heavy atom. The first-order valence-electron chi connectivity index (χ1n) is 4.46. The molecule has 78 valence electrons. The zero-order valence-corrected chi connectivity index (χ0v) is 10.1. The molecule has 4 heteroatoms. The fraction of sp³-hybridized carbons (Fsp3) is 0.400. The van der Waals surface area contributed by atoms with Crippen LogP contribution in [0.4, 0.5) is 0 Å². The van der Waals surface area contributed by atoms with Gasteiger partial charge in [-0.1, -0.05) is 27.5 Å². The molecule has 1 atom stereocenters. The molecule has 0 amide bonds. The quantitative estimate of drug-likeness (QED) is 0.889. The minimum atomic E-state index is -0.104. The molecule has 0 bridgehead atoms. The monoisotopic (exact) mass is 277 g/mol. The van der Waals surface area contributed by atoms with Crippen molar-refractivity contribution in [1.82, 2.24) is 0 Å². The second kappa shape index (κ2) is 5.71. The number of benzene rings is 1. The number of hydrogen-bond acceptors (Lipinski definition) is 2. The van der Waals surface area contributed by atoms with E-state index >= 15 is 0 Å². The third-order valence-electron chi connectivity index (χ3n) is 2.03. The lowest BCUT2D eigenvalue weighted by Crippen LogP contribution is -2.11. The van der Waals surface area contributed by atoms with E-state index in [-0.39, 0.29) is 12.6 Å². The van der Waals surface area contributed by atoms with E-state index in [4.69, 9.17) is 22.4 Å². The molecule has 0 unspecified atom stereocenters. The van der Waals surface area contributed by atoms with Crippen LogP contribution in [0.5, 0.6) is 0 Å². The molecule has 0 radical (unpaired) electrons. The average molecular weight is 279 g/mol. The summed E-state index contributed by atoms with van der Waals surface area (Å²) < 4.78 is 0.969. The molecular weight excluding hydrogens is 265 g/mol. The third-order valence-corrected chi connectivity index (χ3v) is 2.87. The van der Waals surface area contributed by atoms with Gasteiger partial charge in [0.05, 0.1) is 0 Å². The molecule has 0 aliphatic rings. The Balaban J connectivity index is 2.77. The fourth-order valence-corrected chi connectivity index (χ4v) is 1.90. The Hall–Kier alpha value is -0.0900. The van der Waals surface area contributed by atoms with E-state index < -0.39 is 0 Å². The van der Waals surface area contributed by atoms with Crippen LogP contribution < -0.4 is 5.73 Å². The molecule has 0 aliphatic heterocycles. The highest BCUT2D eigenvalue weighted by molar-refractivity contribution is 9.10. The standard InChI is InChI=1S/C10H13BrClNO/c11-7-3-4-9(12)8(6-7)10(13)2-1-5-14/h3-4,6,10,14H,1-2,5,13H2/t10-/m0/s1. The maximum atomic E-state index is 8.69. The van der Waals surface area contributed by atoms with Gasteiger partial charge in [0.25, 0.3) is 0 Å². The summed E-state index contributed by atoms with van der Waals surface area (Å²) in [5, 5.41) is 9.37. The van der Waals surface area contributed by atoms with Crippen LogP contribution in [0.25, 0.3) is 0 Å². The lowest BCUT2D eigenvalue weighted by Gasteiger charge is -2.13. The zero-order chi connectivity index (χ0) is 10.6. The normalized spacial score (nSPS) is 12.9. The number of aliphatic hydroxyl groups excluding tert-OH is 1. The van der Waals surface area contributed by atoms with E-state index in [1.54, 1.807) is 0 Å². The summed E-state index contributed by atoms with van der Waals surface area (Å²) in [6.07, 6.45) is 1.44. The number of hydrogen-bond donors (Lipinski definition) is 2. The second-order valence-corrected chi connectivity index (χ2v) is 4.46. The molecule has 0 aliphatic carbocycles. The molecule has 0 saturated heterocycles. The molecule has 2 nitrogen and oxygen atoms in total. The molecule has 1 rings (SSSR count). The first-order chi connectivity index (χ1) is 6.65. The third kappa shape index (κ3) is 3.24. The Labute approximate surface area is 97.2 Å². The predicted octanol–water partition coefficient (Wildman–Crippen LogP) is 2.87. The van der Waals surface area contributed by atoms with Gasteiger partial charge in [0.15, 0.2) is 0 Å². The highest BCUT2D eigenvalue weighted by Gasteiger charge is 2.09. The predicted molar refractivity (Wildman–Crippen MR) is 62.4 cm³/mol. The summed E-state index contributed by atoms with van der Waals surface area (Å²) in [4.78, 5) is 0. The van der Waals surface area contributed by atoms with Crippen LogP contribution in [0.3, 0.4) is 0 Å². The zero-order valence-electron chi connectivity index (χ0n) is 7.71. The van der Waals surface area contributed by atoms with E-state index in [0.29, 0.717) is 11.4 Å². The Kier molecular flexibility index (Phi) is 4.89. The smallest absolute Gasteiger partial charge is 0.0454 e. The summed E-state index contributed by atoms with van der Waals surface area (Å²) in [6.45, 7) is 0.166. The summed E-state index contributed by atoms with van der Waals surface area (Å²) in [6, 6.07) is 5.52. The van der Waals surface area contributed by atoms with Crippen molar-refractivity contribution in [1.29, 1.82) is 0 Å². The van der Waals surface area contributed by atoms with Crippen molar-refractivity contribution in [3.05, 3.63) is 33.3 Å². The average Bonchev–Trinajstić information content (AvgIpc) is 2.18. The number of halogens is 2. The minimum absolute atomic E-state index is 0.104. The first-order valence-corrected chi connectivity index (χ1v) is 5.63. The Morgan fingerprint density at radius 1 is 1.50 bits per heavy atom. The van der Waals surface area contributed by atoms with Gasteiger partial charge in [-0.15, -0.1) is 0 Å². The second-order valence-electron chi connectivity index (χ2n) is 3.14. The maximum Gasteiger partial charge on any atom is 0.0454 e. The number of nitrogens with two attached hydrogens (primary N) is 1. The number of aliphatic hydroxyl groups is 1. The van der Waals surface area contributed by atoms with Crippen LogP contribution in [0.15, 0.2) is 22.7 Å². The van der Waals surface area contributed by atoms with Gasteiger partial charge < -0.3 is 10.8 Å². The van der Waals surface area contributed by atoms with Crippen LogP contribution in [-0.4, -0.2) is 11.7 Å². The first kappa shape index (κ1) is 12.0. The van der Waals surface area contributed by atoms with Gasteiger partial charge in [0.2, 0.25) is 0 Å². The van der Waals surface area contributed by atoms with E-state index in [2.05, 4.69) is 15.9 Å². The molecule has 0 saturated carbocycles. The minimum Gasteiger partial charge on any atom is -0.396 e. The number of rotatable bonds is 4. The molecule has 0 fully saturated rings. The van der Waals surface area contributed by atoms with Crippen LogP contribution in [0, 0.1) is 0 Å². The summed E-state index contributed by atoms with van der Waals surface area (Å²) in [5.74, 6) is 0. The van der Waals surface area contributed by atoms with E-state index in [0.717, 1.165) is 16.5 Å². The molecule has 0 heterocycles. The van der Waals surface area contributed by atoms with Crippen LogP contribution in [0.2, 0.25) is 5.02 Å². The van der Waals surface area contributed by atoms with Gasteiger partial charge in [-0.3, -0.25) is 0 Å². The van der Waals surface area contributed by atoms with E-state index in [9.17, 15) is 0 Å². The summed E-state index contributed by atoms with van der Waals surface area (Å²) in [5.41, 5.74) is 6.86. The largest absolute Gasteiger partial charge is 0.396 e. The van der Waals surface area contributed by atoms with Crippen molar-refractivity contribution >= 4 is 27.5 Å². The molecule has 3 N–H and O–H groups in total. The van der Waals surface area contributed by atoms with Gasteiger partial charge in [-0.2, -0.15) is 0 Å². The highest BCUT2D eigenvalue weighted by Crippen LogP contribution is 2.27. The van der Waals surface area contributed by atoms with Crippen LogP contribution in [0.1, 0.15) is 24.4 Å². The molecule has 0 spiro atoms. The fourth-order valence-electron chi connectivity index (χ4n) is 1.27. The van der Waals surface area contributed by atoms with E-state index in [1.807, 2.05) is 18.2 Å². The van der Waals surface area contributed by atoms with Crippen molar-refractivity contribution in [2.24, 2.45) is 5.73 Å². The Morgan fingerprint density at radius 2 is 2.21 bits per heavy atom. The molecule has 0 aromatic heterocycles. The van der Waals surface area contributed by atoms with Crippen LogP contribution in [-0.2, 0) is 0 Å². The topological polar surface area (TPSA) is 46.2 Å². The summed E-state index contributed by atoms with van der Waals surface area (Å²) >= 11 is 9.38. The van der Waals surface area contributed by atoms with Gasteiger partial charge >= 0.3 is 0 Å². The van der Waals surface area contributed by atoms with Crippen molar-refractivity contribution in [3.8, 4) is 0 Å². The van der Waals surface area contributed by atoms with Gasteiger partial charge in [0, 0.05) is 22.1 Å². The molecule has 14 heavy (non-hydrogen) atoms. The maximum absolute atomic E-state index is 8.69. The van der Waals surface area contributed by atoms with Crippen molar-refractivity contribution < 1.29 is 5.11 Å². The van der Waals surface area contributed by atoms with Crippen molar-refractivity contribution in [2.75, 3.05) is 6.61 Å². The lowest BCUT2D eigenvalue weighted by atomic mass is 10.0. The molecule has 1 aromatic rings. The highest BCUT2D eigenvalue weighted by atomic mass is 79.9.